The molecule has 10 nitrogen and oxygen atoms in total. The molecule has 1 aliphatic heterocycles. The van der Waals surface area contributed by atoms with Gasteiger partial charge in [0.2, 0.25) is 11.9 Å². The van der Waals surface area contributed by atoms with Crippen molar-refractivity contribution in [3.05, 3.63) is 95.7 Å². The van der Waals surface area contributed by atoms with E-state index in [1.54, 1.807) is 55.6 Å². The van der Waals surface area contributed by atoms with Gasteiger partial charge < -0.3 is 20.7 Å². The molecule has 3 aromatic carbocycles. The van der Waals surface area contributed by atoms with Crippen LogP contribution in [0.5, 0.6) is 5.75 Å². The molecule has 196 valence electrons. The van der Waals surface area contributed by atoms with Crippen molar-refractivity contribution >= 4 is 46.5 Å². The molecule has 4 aromatic rings. The number of nitrogens with one attached hydrogen (secondary N) is 3. The van der Waals surface area contributed by atoms with Crippen molar-refractivity contribution in [1.29, 1.82) is 0 Å². The Balaban J connectivity index is 1.22. The summed E-state index contributed by atoms with van der Waals surface area (Å²) in [7, 11) is 1.62. The number of rotatable bonds is 8. The first kappa shape index (κ1) is 25.4. The number of fused-ring (bicyclic) bond motifs is 1. The van der Waals surface area contributed by atoms with Crippen LogP contribution in [0.25, 0.3) is 0 Å². The predicted octanol–water partition coefficient (Wildman–Crippen LogP) is 4.90. The van der Waals surface area contributed by atoms with Gasteiger partial charge in [-0.05, 0) is 74.5 Å². The number of imide groups is 1. The Hall–Kier alpha value is -5.25. The maximum atomic E-state index is 12.9. The number of ether oxygens (including phenoxy) is 1. The van der Waals surface area contributed by atoms with E-state index in [2.05, 4.69) is 25.9 Å². The lowest BCUT2D eigenvalue weighted by Crippen LogP contribution is -2.45. The molecular weight excluding hydrogens is 496 g/mol. The van der Waals surface area contributed by atoms with Gasteiger partial charge in [0.25, 0.3) is 11.8 Å². The third-order valence-electron chi connectivity index (χ3n) is 6.22. The van der Waals surface area contributed by atoms with Crippen molar-refractivity contribution in [2.24, 2.45) is 0 Å². The Morgan fingerprint density at radius 2 is 1.38 bits per heavy atom. The standard InChI is InChI=1S/C29H26N6O4/c1-17-16-25(31-19-12-14-22(39-3)15-13-19)34-29(30-17)33-21-10-8-20(9-11-21)32-26(36)18(2)35-27(37)23-6-4-5-7-24(23)28(35)38/h4-16,18H,1-3H3,(H,32,36)(H2,30,31,33,34)/t18-/m0/s1. The summed E-state index contributed by atoms with van der Waals surface area (Å²) in [6.45, 7) is 3.40. The number of carbonyl (C=O) groups is 3. The summed E-state index contributed by atoms with van der Waals surface area (Å²) in [6, 6.07) is 21.9. The SMILES string of the molecule is COc1ccc(Nc2cc(C)nc(Nc3ccc(NC(=O)[C@H](C)N4C(=O)c5ccccc5C4=O)cc3)n2)cc1. The van der Waals surface area contributed by atoms with Crippen molar-refractivity contribution in [3.63, 3.8) is 0 Å². The van der Waals surface area contributed by atoms with Crippen LogP contribution < -0.4 is 20.7 Å². The number of amides is 3. The molecule has 0 saturated carbocycles. The van der Waals surface area contributed by atoms with E-state index in [-0.39, 0.29) is 0 Å². The van der Waals surface area contributed by atoms with Crippen molar-refractivity contribution < 1.29 is 19.1 Å². The second-order valence-electron chi connectivity index (χ2n) is 8.97. The molecule has 5 rings (SSSR count). The molecule has 3 N–H and O–H groups in total. The zero-order valence-corrected chi connectivity index (χ0v) is 21.6. The van der Waals surface area contributed by atoms with Crippen LogP contribution in [-0.2, 0) is 4.79 Å². The van der Waals surface area contributed by atoms with Crippen molar-refractivity contribution in [2.45, 2.75) is 19.9 Å². The van der Waals surface area contributed by atoms with Crippen LogP contribution in [-0.4, -0.2) is 45.7 Å². The van der Waals surface area contributed by atoms with E-state index in [4.69, 9.17) is 4.74 Å². The summed E-state index contributed by atoms with van der Waals surface area (Å²) >= 11 is 0. The lowest BCUT2D eigenvalue weighted by atomic mass is 10.1. The highest BCUT2D eigenvalue weighted by Gasteiger charge is 2.40. The smallest absolute Gasteiger partial charge is 0.262 e. The summed E-state index contributed by atoms with van der Waals surface area (Å²) in [5.74, 6) is 0.373. The van der Waals surface area contributed by atoms with Crippen LogP contribution in [0.15, 0.2) is 78.9 Å². The van der Waals surface area contributed by atoms with Gasteiger partial charge in [-0.3, -0.25) is 19.3 Å². The fraction of sp³-hybridized carbons (Fsp3) is 0.138. The number of hydrogen-bond donors (Lipinski definition) is 3. The minimum atomic E-state index is -0.979. The lowest BCUT2D eigenvalue weighted by molar-refractivity contribution is -0.119. The van der Waals surface area contributed by atoms with Gasteiger partial charge in [0.15, 0.2) is 0 Å². The number of methoxy groups -OCH3 is 1. The lowest BCUT2D eigenvalue weighted by Gasteiger charge is -2.21. The number of aryl methyl sites for hydroxylation is 1. The van der Waals surface area contributed by atoms with E-state index >= 15 is 0 Å². The fourth-order valence-corrected chi connectivity index (χ4v) is 4.20. The molecule has 0 saturated heterocycles. The van der Waals surface area contributed by atoms with Crippen molar-refractivity contribution in [3.8, 4) is 5.75 Å². The Morgan fingerprint density at radius 3 is 2.00 bits per heavy atom. The van der Waals surface area contributed by atoms with E-state index in [9.17, 15) is 14.4 Å². The zero-order valence-electron chi connectivity index (χ0n) is 21.6. The van der Waals surface area contributed by atoms with Gasteiger partial charge in [0, 0.05) is 28.8 Å². The molecule has 1 atom stereocenters. The number of aromatic nitrogens is 2. The monoisotopic (exact) mass is 522 g/mol. The summed E-state index contributed by atoms with van der Waals surface area (Å²) < 4.78 is 5.19. The van der Waals surface area contributed by atoms with Gasteiger partial charge in [0.05, 0.1) is 18.2 Å². The first-order valence-electron chi connectivity index (χ1n) is 12.2. The predicted molar refractivity (Wildman–Crippen MR) is 148 cm³/mol. The summed E-state index contributed by atoms with van der Waals surface area (Å²) in [5.41, 5.74) is 3.46. The molecule has 10 heteroatoms. The van der Waals surface area contributed by atoms with E-state index in [1.165, 1.54) is 6.92 Å². The molecule has 1 aromatic heterocycles. The Bertz CT molecular complexity index is 1520. The normalized spacial score (nSPS) is 13.1. The van der Waals surface area contributed by atoms with Crippen LogP contribution in [0, 0.1) is 6.92 Å². The van der Waals surface area contributed by atoms with E-state index in [1.807, 2.05) is 37.3 Å². The highest BCUT2D eigenvalue weighted by atomic mass is 16.5. The van der Waals surface area contributed by atoms with Crippen LogP contribution >= 0.6 is 0 Å². The van der Waals surface area contributed by atoms with Gasteiger partial charge >= 0.3 is 0 Å². The number of nitrogens with zero attached hydrogens (tertiary/aromatic N) is 3. The largest absolute Gasteiger partial charge is 0.497 e. The van der Waals surface area contributed by atoms with E-state index in [0.717, 1.165) is 22.0 Å². The molecule has 0 unspecified atom stereocenters. The van der Waals surface area contributed by atoms with Gasteiger partial charge in [-0.2, -0.15) is 4.98 Å². The maximum absolute atomic E-state index is 12.9. The number of carbonyl (C=O) groups excluding carboxylic acids is 3. The van der Waals surface area contributed by atoms with Crippen LogP contribution in [0.3, 0.4) is 0 Å². The first-order valence-corrected chi connectivity index (χ1v) is 12.2. The van der Waals surface area contributed by atoms with Crippen molar-refractivity contribution in [2.75, 3.05) is 23.1 Å². The highest BCUT2D eigenvalue weighted by molar-refractivity contribution is 6.23. The van der Waals surface area contributed by atoms with Crippen LogP contribution in [0.4, 0.5) is 28.8 Å². The third kappa shape index (κ3) is 5.40. The second-order valence-corrected chi connectivity index (χ2v) is 8.97. The quantitative estimate of drug-likeness (QED) is 0.279. The summed E-state index contributed by atoms with van der Waals surface area (Å²) in [5, 5.41) is 9.19. The molecule has 1 aliphatic rings. The molecule has 2 heterocycles. The Morgan fingerprint density at radius 1 is 0.821 bits per heavy atom. The number of anilines is 5. The average Bonchev–Trinajstić information content (AvgIpc) is 3.19. The topological polar surface area (TPSA) is 126 Å². The molecular formula is C29H26N6O4. The van der Waals surface area contributed by atoms with Gasteiger partial charge in [-0.25, -0.2) is 4.98 Å². The van der Waals surface area contributed by atoms with Gasteiger partial charge in [-0.15, -0.1) is 0 Å². The maximum Gasteiger partial charge on any atom is 0.262 e. The summed E-state index contributed by atoms with van der Waals surface area (Å²) in [4.78, 5) is 48.2. The Kier molecular flexibility index (Phi) is 6.92. The zero-order chi connectivity index (χ0) is 27.5. The fourth-order valence-electron chi connectivity index (χ4n) is 4.20. The molecule has 0 aliphatic carbocycles. The van der Waals surface area contributed by atoms with Gasteiger partial charge in [-0.1, -0.05) is 12.1 Å². The number of benzene rings is 3. The van der Waals surface area contributed by atoms with Gasteiger partial charge in [0.1, 0.15) is 17.6 Å². The number of hydrogen-bond acceptors (Lipinski definition) is 8. The second kappa shape index (κ2) is 10.6. The molecule has 0 spiro atoms. The van der Waals surface area contributed by atoms with E-state index in [0.29, 0.717) is 34.3 Å². The summed E-state index contributed by atoms with van der Waals surface area (Å²) in [6.07, 6.45) is 0. The van der Waals surface area contributed by atoms with Crippen molar-refractivity contribution in [1.82, 2.24) is 14.9 Å². The average molecular weight is 523 g/mol. The van der Waals surface area contributed by atoms with E-state index < -0.39 is 23.8 Å². The molecule has 0 radical (unpaired) electrons. The Labute approximate surface area is 225 Å². The molecule has 39 heavy (non-hydrogen) atoms. The minimum absolute atomic E-state index is 0.304. The molecule has 3 amide bonds. The minimum Gasteiger partial charge on any atom is -0.497 e. The highest BCUT2D eigenvalue weighted by Crippen LogP contribution is 2.26. The van der Waals surface area contributed by atoms with Crippen LogP contribution in [0.2, 0.25) is 0 Å². The molecule has 0 bridgehead atoms. The first-order chi connectivity index (χ1) is 18.8. The third-order valence-corrected chi connectivity index (χ3v) is 6.22. The van der Waals surface area contributed by atoms with Crippen LogP contribution in [0.1, 0.15) is 33.3 Å². The molecule has 0 fully saturated rings.